The summed E-state index contributed by atoms with van der Waals surface area (Å²) in [5, 5.41) is 18.7. The molecule has 0 radical (unpaired) electrons. The molecule has 2 N–H and O–H groups in total. The maximum Gasteiger partial charge on any atom is 0.393 e. The third-order valence-electron chi connectivity index (χ3n) is 11.9. The molecular weight excluding hydrogens is 650 g/mol. The molecule has 1 amide bonds. The zero-order valence-corrected chi connectivity index (χ0v) is 28.7. The number of amides is 1. The number of nitrogens with zero attached hydrogens (tertiary/aromatic N) is 6. The Morgan fingerprint density at radius 3 is 2.55 bits per heavy atom. The number of thiophene rings is 1. The van der Waals surface area contributed by atoms with Gasteiger partial charge < -0.3 is 15.2 Å². The monoisotopic (exact) mass is 690 g/mol. The quantitative estimate of drug-likeness (QED) is 0.211. The van der Waals surface area contributed by atoms with Crippen molar-refractivity contribution in [1.82, 2.24) is 29.7 Å². The second-order valence-corrected chi connectivity index (χ2v) is 16.0. The van der Waals surface area contributed by atoms with E-state index in [4.69, 9.17) is 0 Å². The van der Waals surface area contributed by atoms with Gasteiger partial charge in [-0.25, -0.2) is 9.97 Å². The Bertz CT molecular complexity index is 1960. The van der Waals surface area contributed by atoms with E-state index in [1.807, 2.05) is 6.07 Å². The van der Waals surface area contributed by atoms with Gasteiger partial charge in [0.2, 0.25) is 5.91 Å². The number of nitriles is 1. The van der Waals surface area contributed by atoms with Gasteiger partial charge >= 0.3 is 6.18 Å². The fourth-order valence-corrected chi connectivity index (χ4v) is 9.92. The number of rotatable bonds is 10. The smallest absolute Gasteiger partial charge is 0.367 e. The fourth-order valence-electron chi connectivity index (χ4n) is 8.89. The van der Waals surface area contributed by atoms with Gasteiger partial charge in [0.1, 0.15) is 28.7 Å². The number of hydrogen-bond donors (Lipinski definition) is 2. The first-order valence-electron chi connectivity index (χ1n) is 17.3. The summed E-state index contributed by atoms with van der Waals surface area (Å²) in [6, 6.07) is 10.6. The van der Waals surface area contributed by atoms with E-state index in [0.29, 0.717) is 34.2 Å². The van der Waals surface area contributed by atoms with Crippen LogP contribution in [0.5, 0.6) is 0 Å². The summed E-state index contributed by atoms with van der Waals surface area (Å²) in [6.07, 6.45) is 1.09. The van der Waals surface area contributed by atoms with Crippen LogP contribution in [0.2, 0.25) is 0 Å². The van der Waals surface area contributed by atoms with Gasteiger partial charge in [-0.05, 0) is 92.8 Å². The molecule has 49 heavy (non-hydrogen) atoms. The number of likely N-dealkylation sites (tertiary alicyclic amines) is 2. The minimum atomic E-state index is -4.26. The average Bonchev–Trinajstić information content (AvgIpc) is 3.60. The number of nitrogens with one attached hydrogen (secondary N) is 2. The first-order valence-corrected chi connectivity index (χ1v) is 18.1. The highest BCUT2D eigenvalue weighted by Crippen LogP contribution is 2.72. The van der Waals surface area contributed by atoms with Crippen molar-refractivity contribution in [2.45, 2.75) is 83.2 Å². The third-order valence-corrected chi connectivity index (χ3v) is 13.0. The van der Waals surface area contributed by atoms with Crippen molar-refractivity contribution in [3.05, 3.63) is 52.3 Å². The van der Waals surface area contributed by atoms with Gasteiger partial charge in [-0.15, -0.1) is 11.3 Å². The zero-order chi connectivity index (χ0) is 34.1. The largest absolute Gasteiger partial charge is 0.393 e. The predicted octanol–water partition coefficient (Wildman–Crippen LogP) is 6.00. The summed E-state index contributed by atoms with van der Waals surface area (Å²) in [7, 11) is 0. The van der Waals surface area contributed by atoms with E-state index in [1.54, 1.807) is 6.07 Å². The van der Waals surface area contributed by atoms with Crippen LogP contribution >= 0.6 is 11.3 Å². The maximum atomic E-state index is 13.0. The molecular formula is C36H41F3N8OS. The van der Waals surface area contributed by atoms with E-state index in [0.717, 1.165) is 87.2 Å². The van der Waals surface area contributed by atoms with E-state index < -0.39 is 12.6 Å². The minimum Gasteiger partial charge on any atom is -0.367 e. The van der Waals surface area contributed by atoms with Crippen LogP contribution in [0.1, 0.15) is 60.7 Å². The molecule has 2 bridgehead atoms. The molecule has 1 atom stereocenters. The average molecular weight is 691 g/mol. The minimum absolute atomic E-state index is 0.0884. The lowest BCUT2D eigenvalue weighted by Crippen LogP contribution is -2.82. The van der Waals surface area contributed by atoms with Gasteiger partial charge in [0.15, 0.2) is 0 Å². The molecule has 2 aliphatic heterocycles. The van der Waals surface area contributed by atoms with Crippen molar-refractivity contribution in [3.8, 4) is 6.07 Å². The highest BCUT2D eigenvalue weighted by Gasteiger charge is 2.74. The molecule has 2 saturated heterocycles. The molecule has 3 saturated carbocycles. The van der Waals surface area contributed by atoms with Crippen molar-refractivity contribution in [2.75, 3.05) is 38.0 Å². The standard InChI is InChI=1S/C36H41F3N8OS/c1-22-24(16-46-10-6-25(7-11-46)43-32-29-13-27(14-36(37,38)39)49-33(29)42-21-41-32)4-5-30-28(22)12-26(15-40)47(30)20-34-18-35(19-34,23(34)2)44-31(48)17-45-8-3-9-45/h4-5,12-13,21,23,25H,3,6-11,14,16-20H2,1-2H3,(H,44,48)(H,41,42,43)/t23-,34?,35?/m0/s1. The number of halogens is 3. The number of benzene rings is 1. The highest BCUT2D eigenvalue weighted by molar-refractivity contribution is 7.18. The number of piperidine rings is 1. The first kappa shape index (κ1) is 32.5. The molecule has 5 aliphatic rings. The summed E-state index contributed by atoms with van der Waals surface area (Å²) in [4.78, 5) is 26.7. The lowest BCUT2D eigenvalue weighted by molar-refractivity contribution is -0.228. The molecule has 3 aliphatic carbocycles. The Labute approximate surface area is 287 Å². The fraction of sp³-hybridized carbons (Fsp3) is 0.556. The predicted molar refractivity (Wildman–Crippen MR) is 183 cm³/mol. The number of alkyl halides is 3. The topological polar surface area (TPSA) is 102 Å². The lowest BCUT2D eigenvalue weighted by atomic mass is 9.33. The van der Waals surface area contributed by atoms with Crippen molar-refractivity contribution < 1.29 is 18.0 Å². The summed E-state index contributed by atoms with van der Waals surface area (Å²) in [5.41, 5.74) is 4.25. The number of carbonyl (C=O) groups excluding carboxylic acids is 1. The second-order valence-electron chi connectivity index (χ2n) is 14.9. The molecule has 9 nitrogen and oxygen atoms in total. The summed E-state index contributed by atoms with van der Waals surface area (Å²) >= 11 is 1.07. The van der Waals surface area contributed by atoms with Crippen LogP contribution in [0.3, 0.4) is 0 Å². The van der Waals surface area contributed by atoms with Gasteiger partial charge in [0, 0.05) is 53.5 Å². The number of fused-ring (bicyclic) bond motifs is 2. The number of aryl methyl sites for hydroxylation is 1. The Morgan fingerprint density at radius 1 is 1.10 bits per heavy atom. The molecule has 4 aromatic rings. The lowest BCUT2D eigenvalue weighted by Gasteiger charge is -2.76. The number of aromatic nitrogens is 3. The van der Waals surface area contributed by atoms with Crippen LogP contribution < -0.4 is 10.6 Å². The van der Waals surface area contributed by atoms with E-state index in [-0.39, 0.29) is 27.8 Å². The molecule has 258 valence electrons. The van der Waals surface area contributed by atoms with Crippen molar-refractivity contribution in [2.24, 2.45) is 11.3 Å². The summed E-state index contributed by atoms with van der Waals surface area (Å²) < 4.78 is 41.1. The van der Waals surface area contributed by atoms with Crippen LogP contribution in [0.15, 0.2) is 30.6 Å². The van der Waals surface area contributed by atoms with Crippen molar-refractivity contribution in [1.29, 1.82) is 5.26 Å². The summed E-state index contributed by atoms with van der Waals surface area (Å²) in [6.45, 7) is 10.3. The Morgan fingerprint density at radius 2 is 1.88 bits per heavy atom. The number of carbonyl (C=O) groups is 1. The van der Waals surface area contributed by atoms with Crippen molar-refractivity contribution >= 4 is 44.2 Å². The van der Waals surface area contributed by atoms with Crippen LogP contribution in [-0.4, -0.2) is 80.7 Å². The molecule has 0 unspecified atom stereocenters. The Kier molecular flexibility index (Phi) is 7.92. The maximum absolute atomic E-state index is 13.0. The molecule has 3 aromatic heterocycles. The SMILES string of the molecule is Cc1c(CN2CCC(Nc3ncnc4sc(CC(F)(F)F)cc34)CC2)ccc2c1cc(C#N)n2CC12CC(NC(=O)CN3CCC3)(C1)[C@H]2C. The molecule has 9 rings (SSSR count). The van der Waals surface area contributed by atoms with Gasteiger partial charge in [0.05, 0.1) is 18.4 Å². The van der Waals surface area contributed by atoms with E-state index >= 15 is 0 Å². The second kappa shape index (κ2) is 12.0. The van der Waals surface area contributed by atoms with Crippen LogP contribution in [0, 0.1) is 29.6 Å². The van der Waals surface area contributed by atoms with Crippen LogP contribution in [0.4, 0.5) is 19.0 Å². The highest BCUT2D eigenvalue weighted by atomic mass is 32.1. The molecule has 5 fully saturated rings. The van der Waals surface area contributed by atoms with Gasteiger partial charge in [-0.2, -0.15) is 18.4 Å². The van der Waals surface area contributed by atoms with E-state index in [9.17, 15) is 23.2 Å². The van der Waals surface area contributed by atoms with Gasteiger partial charge in [0.25, 0.3) is 0 Å². The van der Waals surface area contributed by atoms with Crippen LogP contribution in [0.25, 0.3) is 21.1 Å². The van der Waals surface area contributed by atoms with Crippen LogP contribution in [-0.2, 0) is 24.3 Å². The molecule has 1 aromatic carbocycles. The molecule has 5 heterocycles. The Balaban J connectivity index is 0.897. The summed E-state index contributed by atoms with van der Waals surface area (Å²) in [5.74, 6) is 1.11. The number of anilines is 1. The van der Waals surface area contributed by atoms with Gasteiger partial charge in [-0.3, -0.25) is 14.6 Å². The van der Waals surface area contributed by atoms with E-state index in [2.05, 4.69) is 67.0 Å². The first-order chi connectivity index (χ1) is 23.4. The molecule has 13 heteroatoms. The van der Waals surface area contributed by atoms with Crippen molar-refractivity contribution in [3.63, 3.8) is 0 Å². The van der Waals surface area contributed by atoms with Gasteiger partial charge in [-0.1, -0.05) is 13.0 Å². The Hall–Kier alpha value is -3.73. The number of hydrogen-bond acceptors (Lipinski definition) is 8. The zero-order valence-electron chi connectivity index (χ0n) is 27.9. The molecule has 0 spiro atoms. The normalized spacial score (nSPS) is 25.8. The third kappa shape index (κ3) is 5.85. The van der Waals surface area contributed by atoms with E-state index in [1.165, 1.54) is 23.9 Å².